The Labute approximate surface area is 199 Å². The molecular formula is C24H21ClN2O3S2. The van der Waals surface area contributed by atoms with Crippen LogP contribution in [0.4, 0.5) is 0 Å². The van der Waals surface area contributed by atoms with Crippen LogP contribution in [-0.2, 0) is 17.0 Å². The van der Waals surface area contributed by atoms with Gasteiger partial charge in [-0.15, -0.1) is 11.3 Å². The minimum Gasteiger partial charge on any atom is -0.462 e. The van der Waals surface area contributed by atoms with Gasteiger partial charge in [0.1, 0.15) is 9.71 Å². The summed E-state index contributed by atoms with van der Waals surface area (Å²) < 4.78 is 6.86. The molecule has 0 amide bonds. The number of benzene rings is 2. The minimum absolute atomic E-state index is 0.151. The second-order valence-electron chi connectivity index (χ2n) is 7.14. The second kappa shape index (κ2) is 9.90. The summed E-state index contributed by atoms with van der Waals surface area (Å²) in [6, 6.07) is 17.4. The molecule has 0 bridgehead atoms. The van der Waals surface area contributed by atoms with Crippen molar-refractivity contribution in [3.63, 3.8) is 0 Å². The third-order valence-electron chi connectivity index (χ3n) is 4.94. The first-order valence-corrected chi connectivity index (χ1v) is 12.3. The van der Waals surface area contributed by atoms with E-state index < -0.39 is 5.97 Å². The van der Waals surface area contributed by atoms with E-state index in [9.17, 15) is 9.59 Å². The van der Waals surface area contributed by atoms with Crippen LogP contribution in [0, 0.1) is 6.92 Å². The highest BCUT2D eigenvalue weighted by Gasteiger charge is 2.22. The number of ether oxygens (including phenoxy) is 1. The van der Waals surface area contributed by atoms with E-state index in [1.807, 2.05) is 54.6 Å². The predicted octanol–water partition coefficient (Wildman–Crippen LogP) is 5.94. The molecule has 0 atom stereocenters. The van der Waals surface area contributed by atoms with Crippen LogP contribution in [0.1, 0.15) is 33.3 Å². The Morgan fingerprint density at radius 2 is 1.84 bits per heavy atom. The van der Waals surface area contributed by atoms with Gasteiger partial charge in [-0.1, -0.05) is 65.8 Å². The van der Waals surface area contributed by atoms with Gasteiger partial charge < -0.3 is 4.74 Å². The number of thiophene rings is 1. The maximum atomic E-state index is 13.6. The zero-order chi connectivity index (χ0) is 22.7. The van der Waals surface area contributed by atoms with Crippen LogP contribution in [0.5, 0.6) is 0 Å². The molecule has 4 rings (SSSR count). The van der Waals surface area contributed by atoms with E-state index in [0.29, 0.717) is 43.1 Å². The molecule has 0 aliphatic carbocycles. The van der Waals surface area contributed by atoms with E-state index in [0.717, 1.165) is 11.1 Å². The van der Waals surface area contributed by atoms with E-state index >= 15 is 0 Å². The van der Waals surface area contributed by atoms with Crippen molar-refractivity contribution >= 4 is 50.9 Å². The van der Waals surface area contributed by atoms with Gasteiger partial charge in [-0.25, -0.2) is 9.78 Å². The van der Waals surface area contributed by atoms with Crippen LogP contribution < -0.4 is 5.56 Å². The minimum atomic E-state index is -0.419. The lowest BCUT2D eigenvalue weighted by Gasteiger charge is -2.12. The number of halogens is 1. The van der Waals surface area contributed by atoms with Gasteiger partial charge in [-0.2, -0.15) is 0 Å². The lowest BCUT2D eigenvalue weighted by Crippen LogP contribution is -2.24. The zero-order valence-corrected chi connectivity index (χ0v) is 20.0. The van der Waals surface area contributed by atoms with Crippen molar-refractivity contribution in [1.29, 1.82) is 0 Å². The summed E-state index contributed by atoms with van der Waals surface area (Å²) in [6.07, 6.45) is 0. The number of nitrogens with zero attached hydrogens (tertiary/aromatic N) is 2. The molecule has 0 saturated carbocycles. The molecule has 0 unspecified atom stereocenters. The standard InChI is InChI=1S/C24H21ClN2O3S2/c1-3-30-23(29)20-15(2)19-21(32-20)26-24(31-14-17-9-11-18(25)12-10-17)27(22(19)28)13-16-7-5-4-6-8-16/h4-12H,3,13-14H2,1-2H3. The fraction of sp³-hybridized carbons (Fsp3) is 0.208. The van der Waals surface area contributed by atoms with Gasteiger partial charge in [-0.3, -0.25) is 9.36 Å². The van der Waals surface area contributed by atoms with E-state index in [-0.39, 0.29) is 12.2 Å². The highest BCUT2D eigenvalue weighted by Crippen LogP contribution is 2.31. The van der Waals surface area contributed by atoms with Crippen molar-refractivity contribution in [2.24, 2.45) is 0 Å². The second-order valence-corrected chi connectivity index (χ2v) is 9.52. The van der Waals surface area contributed by atoms with Crippen molar-refractivity contribution in [3.8, 4) is 0 Å². The first kappa shape index (κ1) is 22.6. The number of fused-ring (bicyclic) bond motifs is 1. The normalized spacial score (nSPS) is 11.1. The largest absolute Gasteiger partial charge is 0.462 e. The number of carbonyl (C=O) groups excluding carboxylic acids is 1. The molecule has 0 radical (unpaired) electrons. The molecule has 4 aromatic rings. The van der Waals surface area contributed by atoms with Gasteiger partial charge in [0.15, 0.2) is 5.16 Å². The highest BCUT2D eigenvalue weighted by atomic mass is 35.5. The summed E-state index contributed by atoms with van der Waals surface area (Å²) in [7, 11) is 0. The number of esters is 1. The summed E-state index contributed by atoms with van der Waals surface area (Å²) in [5.74, 6) is 0.219. The Morgan fingerprint density at radius 1 is 1.12 bits per heavy atom. The summed E-state index contributed by atoms with van der Waals surface area (Å²) in [4.78, 5) is 31.7. The maximum absolute atomic E-state index is 13.6. The Hall–Kier alpha value is -2.61. The number of aromatic nitrogens is 2. The van der Waals surface area contributed by atoms with Gasteiger partial charge in [0, 0.05) is 10.8 Å². The molecule has 5 nitrogen and oxygen atoms in total. The van der Waals surface area contributed by atoms with Gasteiger partial charge in [-0.05, 0) is 42.7 Å². The van der Waals surface area contributed by atoms with Gasteiger partial charge >= 0.3 is 5.97 Å². The Kier molecular flexibility index (Phi) is 6.98. The smallest absolute Gasteiger partial charge is 0.348 e. The SMILES string of the molecule is CCOC(=O)c1sc2nc(SCc3ccc(Cl)cc3)n(Cc3ccccc3)c(=O)c2c1C. The van der Waals surface area contributed by atoms with E-state index in [2.05, 4.69) is 0 Å². The van der Waals surface area contributed by atoms with Crippen LogP contribution in [-0.4, -0.2) is 22.1 Å². The average Bonchev–Trinajstić information content (AvgIpc) is 3.13. The van der Waals surface area contributed by atoms with Crippen LogP contribution in [0.3, 0.4) is 0 Å². The quantitative estimate of drug-likeness (QED) is 0.184. The number of thioether (sulfide) groups is 1. The van der Waals surface area contributed by atoms with E-state index in [1.165, 1.54) is 23.1 Å². The van der Waals surface area contributed by atoms with E-state index in [4.69, 9.17) is 21.3 Å². The monoisotopic (exact) mass is 484 g/mol. The molecule has 8 heteroatoms. The van der Waals surface area contributed by atoms with Crippen molar-refractivity contribution < 1.29 is 9.53 Å². The number of hydrogen-bond acceptors (Lipinski definition) is 6. The molecule has 0 spiro atoms. The molecule has 0 aliphatic rings. The van der Waals surface area contributed by atoms with Crippen molar-refractivity contribution in [3.05, 3.63) is 91.5 Å². The molecule has 32 heavy (non-hydrogen) atoms. The lowest BCUT2D eigenvalue weighted by molar-refractivity contribution is 0.0531. The molecule has 2 aromatic heterocycles. The topological polar surface area (TPSA) is 61.2 Å². The fourth-order valence-corrected chi connectivity index (χ4v) is 5.53. The zero-order valence-electron chi connectivity index (χ0n) is 17.6. The van der Waals surface area contributed by atoms with Gasteiger partial charge in [0.25, 0.3) is 5.56 Å². The van der Waals surface area contributed by atoms with E-state index in [1.54, 1.807) is 18.4 Å². The summed E-state index contributed by atoms with van der Waals surface area (Å²) in [6.45, 7) is 4.22. The first-order chi connectivity index (χ1) is 15.5. The molecule has 164 valence electrons. The molecule has 0 N–H and O–H groups in total. The summed E-state index contributed by atoms with van der Waals surface area (Å²) in [5, 5.41) is 1.77. The molecule has 0 fully saturated rings. The van der Waals surface area contributed by atoms with Crippen LogP contribution in [0.2, 0.25) is 5.02 Å². The molecule has 2 heterocycles. The molecule has 0 saturated heterocycles. The van der Waals surface area contributed by atoms with Crippen molar-refractivity contribution in [2.45, 2.75) is 31.3 Å². The summed E-state index contributed by atoms with van der Waals surface area (Å²) in [5.41, 5.74) is 2.55. The van der Waals surface area contributed by atoms with Crippen molar-refractivity contribution in [2.75, 3.05) is 6.61 Å². The third kappa shape index (κ3) is 4.75. The third-order valence-corrected chi connectivity index (χ3v) is 7.41. The highest BCUT2D eigenvalue weighted by molar-refractivity contribution is 7.98. The van der Waals surface area contributed by atoms with Crippen LogP contribution in [0.15, 0.2) is 64.5 Å². The summed E-state index contributed by atoms with van der Waals surface area (Å²) >= 11 is 8.69. The molecule has 2 aromatic carbocycles. The number of hydrogen-bond donors (Lipinski definition) is 0. The number of carbonyl (C=O) groups is 1. The van der Waals surface area contributed by atoms with Crippen molar-refractivity contribution in [1.82, 2.24) is 9.55 Å². The lowest BCUT2D eigenvalue weighted by atomic mass is 10.2. The van der Waals surface area contributed by atoms with Gasteiger partial charge in [0.05, 0.1) is 18.5 Å². The van der Waals surface area contributed by atoms with Crippen LogP contribution in [0.25, 0.3) is 10.2 Å². The van der Waals surface area contributed by atoms with Crippen LogP contribution >= 0.6 is 34.7 Å². The Bertz CT molecular complexity index is 1320. The predicted molar refractivity (Wildman–Crippen MR) is 131 cm³/mol. The molecule has 0 aliphatic heterocycles. The fourth-order valence-electron chi connectivity index (χ4n) is 3.33. The number of rotatable bonds is 7. The average molecular weight is 485 g/mol. The Morgan fingerprint density at radius 3 is 2.53 bits per heavy atom. The number of aryl methyl sites for hydroxylation is 1. The Balaban J connectivity index is 1.79. The maximum Gasteiger partial charge on any atom is 0.348 e. The molecular weight excluding hydrogens is 464 g/mol. The first-order valence-electron chi connectivity index (χ1n) is 10.1. The van der Waals surface area contributed by atoms with Gasteiger partial charge in [0.2, 0.25) is 0 Å².